The summed E-state index contributed by atoms with van der Waals surface area (Å²) < 4.78 is 15.5. The van der Waals surface area contributed by atoms with Gasteiger partial charge in [-0.15, -0.1) is 0 Å². The van der Waals surface area contributed by atoms with E-state index in [0.717, 1.165) is 25.9 Å². The maximum absolute atomic E-state index is 6.18. The van der Waals surface area contributed by atoms with Crippen molar-refractivity contribution in [3.05, 3.63) is 22.8 Å². The molecule has 0 radical (unpaired) electrons. The summed E-state index contributed by atoms with van der Waals surface area (Å²) >= 11 is 7.01. The SMILES string of the molecule is CCOC1C(NC)CC1Oc1c(I)cc(I)cc1I. The average molecular weight is 599 g/mol. The molecule has 1 aromatic carbocycles. The summed E-state index contributed by atoms with van der Waals surface area (Å²) in [6, 6.07) is 4.69. The Balaban J connectivity index is 2.10. The number of nitrogens with one attached hydrogen (secondary N) is 1. The highest BCUT2D eigenvalue weighted by Gasteiger charge is 2.43. The molecule has 3 nitrogen and oxygen atoms in total. The molecule has 0 bridgehead atoms. The standard InChI is InChI=1S/C13H16I3NO2/c1-3-18-13-10(17-2)6-11(13)19-12-8(15)4-7(14)5-9(12)16/h4-5,10-11,13,17H,3,6H2,1-2H3. The van der Waals surface area contributed by atoms with Crippen LogP contribution in [0.15, 0.2) is 12.1 Å². The first-order chi connectivity index (χ1) is 9.06. The number of ether oxygens (including phenoxy) is 2. The van der Waals surface area contributed by atoms with E-state index in [9.17, 15) is 0 Å². The minimum absolute atomic E-state index is 0.152. The number of benzene rings is 1. The molecule has 3 unspecified atom stereocenters. The summed E-state index contributed by atoms with van der Waals surface area (Å²) in [6.07, 6.45) is 1.31. The molecule has 106 valence electrons. The van der Waals surface area contributed by atoms with Gasteiger partial charge in [-0.1, -0.05) is 0 Å². The Morgan fingerprint density at radius 1 is 1.26 bits per heavy atom. The molecule has 0 amide bonds. The van der Waals surface area contributed by atoms with Crippen LogP contribution in [0, 0.1) is 10.7 Å². The van der Waals surface area contributed by atoms with Crippen LogP contribution in [0.5, 0.6) is 5.75 Å². The van der Waals surface area contributed by atoms with Crippen molar-refractivity contribution in [1.82, 2.24) is 5.32 Å². The number of halogens is 3. The van der Waals surface area contributed by atoms with Gasteiger partial charge in [-0.25, -0.2) is 0 Å². The van der Waals surface area contributed by atoms with E-state index in [2.05, 4.69) is 85.2 Å². The fourth-order valence-corrected chi connectivity index (χ4v) is 6.02. The zero-order valence-electron chi connectivity index (χ0n) is 10.8. The fourth-order valence-electron chi connectivity index (χ4n) is 2.19. The van der Waals surface area contributed by atoms with Crippen LogP contribution in [0.2, 0.25) is 0 Å². The van der Waals surface area contributed by atoms with Crippen LogP contribution in [-0.4, -0.2) is 31.9 Å². The van der Waals surface area contributed by atoms with Crippen molar-refractivity contribution in [2.75, 3.05) is 13.7 Å². The van der Waals surface area contributed by atoms with Gasteiger partial charge in [0.1, 0.15) is 18.0 Å². The summed E-state index contributed by atoms with van der Waals surface area (Å²) in [5, 5.41) is 3.28. The van der Waals surface area contributed by atoms with Crippen LogP contribution in [0.25, 0.3) is 0 Å². The van der Waals surface area contributed by atoms with Gasteiger partial charge in [0.05, 0.1) is 7.14 Å². The van der Waals surface area contributed by atoms with Gasteiger partial charge in [0, 0.05) is 22.6 Å². The third-order valence-corrected chi connectivity index (χ3v) is 5.44. The molecule has 0 aromatic heterocycles. The summed E-state index contributed by atoms with van der Waals surface area (Å²) in [5.41, 5.74) is 0. The lowest BCUT2D eigenvalue weighted by molar-refractivity contribution is -0.103. The van der Waals surface area contributed by atoms with Crippen LogP contribution in [0.3, 0.4) is 0 Å². The molecular weight excluding hydrogens is 583 g/mol. The fraction of sp³-hybridized carbons (Fsp3) is 0.538. The van der Waals surface area contributed by atoms with Crippen molar-refractivity contribution in [2.24, 2.45) is 0 Å². The normalized spacial score (nSPS) is 26.1. The molecule has 0 saturated heterocycles. The summed E-state index contributed by atoms with van der Waals surface area (Å²) in [5.74, 6) is 0.992. The van der Waals surface area contributed by atoms with Gasteiger partial charge in [-0.05, 0) is 93.9 Å². The highest BCUT2D eigenvalue weighted by molar-refractivity contribution is 14.1. The predicted molar refractivity (Wildman–Crippen MR) is 102 cm³/mol. The Labute approximate surface area is 155 Å². The molecule has 2 rings (SSSR count). The third kappa shape index (κ3) is 3.86. The van der Waals surface area contributed by atoms with Gasteiger partial charge in [0.2, 0.25) is 0 Å². The summed E-state index contributed by atoms with van der Waals surface area (Å²) in [7, 11) is 1.98. The second-order valence-electron chi connectivity index (χ2n) is 4.41. The van der Waals surface area contributed by atoms with Crippen molar-refractivity contribution in [1.29, 1.82) is 0 Å². The van der Waals surface area contributed by atoms with Gasteiger partial charge in [0.15, 0.2) is 0 Å². The molecular formula is C13H16I3NO2. The third-order valence-electron chi connectivity index (χ3n) is 3.21. The zero-order chi connectivity index (χ0) is 14.0. The number of hydrogen-bond acceptors (Lipinski definition) is 3. The summed E-state index contributed by atoms with van der Waals surface area (Å²) in [4.78, 5) is 0. The lowest BCUT2D eigenvalue weighted by Crippen LogP contribution is -2.60. The van der Waals surface area contributed by atoms with Gasteiger partial charge >= 0.3 is 0 Å². The Morgan fingerprint density at radius 2 is 1.89 bits per heavy atom. The Bertz CT molecular complexity index is 433. The van der Waals surface area contributed by atoms with Crippen LogP contribution < -0.4 is 10.1 Å². The van der Waals surface area contributed by atoms with Gasteiger partial charge in [-0.2, -0.15) is 0 Å². The average Bonchev–Trinajstić information content (AvgIpc) is 2.33. The Hall–Kier alpha value is 1.13. The first-order valence-electron chi connectivity index (χ1n) is 6.16. The minimum atomic E-state index is 0.152. The number of rotatable bonds is 5. The quantitative estimate of drug-likeness (QED) is 0.525. The van der Waals surface area contributed by atoms with Gasteiger partial charge in [0.25, 0.3) is 0 Å². The van der Waals surface area contributed by atoms with E-state index in [-0.39, 0.29) is 12.2 Å². The molecule has 3 atom stereocenters. The second kappa shape index (κ2) is 7.41. The van der Waals surface area contributed by atoms with Crippen LogP contribution in [0.1, 0.15) is 13.3 Å². The van der Waals surface area contributed by atoms with Gasteiger partial charge in [-0.3, -0.25) is 0 Å². The van der Waals surface area contributed by atoms with E-state index < -0.39 is 0 Å². The largest absolute Gasteiger partial charge is 0.485 e. The van der Waals surface area contributed by atoms with E-state index in [0.29, 0.717) is 6.04 Å². The van der Waals surface area contributed by atoms with Gasteiger partial charge < -0.3 is 14.8 Å². The Morgan fingerprint density at radius 3 is 2.42 bits per heavy atom. The summed E-state index contributed by atoms with van der Waals surface area (Å²) in [6.45, 7) is 2.75. The molecule has 0 spiro atoms. The molecule has 1 aromatic rings. The maximum Gasteiger partial charge on any atom is 0.146 e. The zero-order valence-corrected chi connectivity index (χ0v) is 17.2. The molecule has 1 saturated carbocycles. The minimum Gasteiger partial charge on any atom is -0.485 e. The van der Waals surface area contributed by atoms with E-state index >= 15 is 0 Å². The van der Waals surface area contributed by atoms with E-state index in [1.807, 2.05) is 14.0 Å². The highest BCUT2D eigenvalue weighted by atomic mass is 127. The molecule has 0 heterocycles. The van der Waals surface area contributed by atoms with E-state index in [4.69, 9.17) is 9.47 Å². The molecule has 0 aliphatic heterocycles. The topological polar surface area (TPSA) is 30.5 Å². The maximum atomic E-state index is 6.18. The smallest absolute Gasteiger partial charge is 0.146 e. The second-order valence-corrected chi connectivity index (χ2v) is 7.98. The first kappa shape index (κ1) is 16.5. The van der Waals surface area contributed by atoms with Crippen molar-refractivity contribution in [3.8, 4) is 5.75 Å². The molecule has 19 heavy (non-hydrogen) atoms. The Kier molecular flexibility index (Phi) is 6.44. The first-order valence-corrected chi connectivity index (χ1v) is 9.40. The van der Waals surface area contributed by atoms with Crippen LogP contribution in [-0.2, 0) is 4.74 Å². The van der Waals surface area contributed by atoms with Crippen LogP contribution in [0.4, 0.5) is 0 Å². The van der Waals surface area contributed by atoms with Crippen molar-refractivity contribution < 1.29 is 9.47 Å². The molecule has 1 aliphatic carbocycles. The van der Waals surface area contributed by atoms with E-state index in [1.54, 1.807) is 0 Å². The van der Waals surface area contributed by atoms with Crippen molar-refractivity contribution >= 4 is 67.8 Å². The monoisotopic (exact) mass is 599 g/mol. The molecule has 1 N–H and O–H groups in total. The number of likely N-dealkylation sites (N-methyl/N-ethyl adjacent to an activating group) is 1. The highest BCUT2D eigenvalue weighted by Crippen LogP contribution is 2.35. The molecule has 6 heteroatoms. The lowest BCUT2D eigenvalue weighted by atomic mass is 9.85. The van der Waals surface area contributed by atoms with E-state index in [1.165, 1.54) is 3.57 Å². The number of hydrogen-bond donors (Lipinski definition) is 1. The molecule has 1 fully saturated rings. The predicted octanol–water partition coefficient (Wildman–Crippen LogP) is 3.64. The lowest BCUT2D eigenvalue weighted by Gasteiger charge is -2.43. The van der Waals surface area contributed by atoms with Crippen molar-refractivity contribution in [3.63, 3.8) is 0 Å². The van der Waals surface area contributed by atoms with Crippen LogP contribution >= 0.6 is 67.8 Å². The molecule has 1 aliphatic rings. The van der Waals surface area contributed by atoms with Crippen molar-refractivity contribution in [2.45, 2.75) is 31.6 Å².